The molecular formula is C14H23N3O5. The number of rotatable bonds is 5. The van der Waals surface area contributed by atoms with E-state index in [9.17, 15) is 15.3 Å². The molecule has 0 bridgehead atoms. The SMILES string of the molecule is CCCCCc1nnn2c1COC[C@]21O[C@H](CO)[C@@H](O)[C@H]1O. The molecule has 1 aromatic rings. The highest BCUT2D eigenvalue weighted by Crippen LogP contribution is 2.39. The summed E-state index contributed by atoms with van der Waals surface area (Å²) in [5, 5.41) is 38.0. The summed E-state index contributed by atoms with van der Waals surface area (Å²) in [4.78, 5) is 0. The molecule has 4 atom stereocenters. The van der Waals surface area contributed by atoms with Crippen molar-refractivity contribution in [2.24, 2.45) is 0 Å². The lowest BCUT2D eigenvalue weighted by molar-refractivity contribution is -0.208. The monoisotopic (exact) mass is 313 g/mol. The van der Waals surface area contributed by atoms with Crippen molar-refractivity contribution >= 4 is 0 Å². The molecular weight excluding hydrogens is 290 g/mol. The standard InChI is InChI=1S/C14H23N3O5/c1-2-3-4-5-9-10-7-21-8-14(17(10)16-15-9)13(20)12(19)11(6-18)22-14/h11-13,18-20H,2-8H2,1H3/t11-,12-,13-,14-/m1/s1. The minimum Gasteiger partial charge on any atom is -0.394 e. The highest BCUT2D eigenvalue weighted by atomic mass is 16.6. The van der Waals surface area contributed by atoms with Crippen LogP contribution < -0.4 is 0 Å². The lowest BCUT2D eigenvalue weighted by Gasteiger charge is -2.36. The Morgan fingerprint density at radius 2 is 2.18 bits per heavy atom. The molecule has 0 aromatic carbocycles. The molecule has 2 aliphatic heterocycles. The molecule has 3 rings (SSSR count). The first kappa shape index (κ1) is 15.8. The van der Waals surface area contributed by atoms with Crippen LogP contribution in [0.1, 0.15) is 37.6 Å². The van der Waals surface area contributed by atoms with Crippen LogP contribution in [0.5, 0.6) is 0 Å². The molecule has 1 fully saturated rings. The van der Waals surface area contributed by atoms with Gasteiger partial charge in [0.2, 0.25) is 5.72 Å². The molecule has 1 aromatic heterocycles. The first-order chi connectivity index (χ1) is 10.6. The molecule has 0 radical (unpaired) electrons. The van der Waals surface area contributed by atoms with Crippen LogP contribution in [0.15, 0.2) is 0 Å². The van der Waals surface area contributed by atoms with E-state index in [0.717, 1.165) is 37.1 Å². The van der Waals surface area contributed by atoms with E-state index in [0.29, 0.717) is 6.61 Å². The number of hydrogen-bond acceptors (Lipinski definition) is 7. The predicted molar refractivity (Wildman–Crippen MR) is 74.9 cm³/mol. The van der Waals surface area contributed by atoms with Crippen molar-refractivity contribution in [1.82, 2.24) is 15.0 Å². The van der Waals surface area contributed by atoms with Crippen LogP contribution in [0.25, 0.3) is 0 Å². The Labute approximate surface area is 128 Å². The third kappa shape index (κ3) is 2.35. The average molecular weight is 313 g/mol. The van der Waals surface area contributed by atoms with E-state index in [-0.39, 0.29) is 13.2 Å². The van der Waals surface area contributed by atoms with Crippen molar-refractivity contribution in [3.8, 4) is 0 Å². The number of aromatic nitrogens is 3. The van der Waals surface area contributed by atoms with E-state index < -0.39 is 24.0 Å². The van der Waals surface area contributed by atoms with Crippen molar-refractivity contribution in [1.29, 1.82) is 0 Å². The van der Waals surface area contributed by atoms with Gasteiger partial charge in [-0.05, 0) is 12.8 Å². The summed E-state index contributed by atoms with van der Waals surface area (Å²) in [7, 11) is 0. The predicted octanol–water partition coefficient (Wildman–Crippen LogP) is -0.693. The Hall–Kier alpha value is -1.06. The van der Waals surface area contributed by atoms with Gasteiger partial charge in [0.1, 0.15) is 18.3 Å². The molecule has 1 spiro atoms. The number of unbranched alkanes of at least 4 members (excludes halogenated alkanes) is 2. The minimum absolute atomic E-state index is 0.0620. The third-order valence-electron chi connectivity index (χ3n) is 4.47. The quantitative estimate of drug-likeness (QED) is 0.617. The zero-order valence-corrected chi connectivity index (χ0v) is 12.7. The molecule has 0 amide bonds. The molecule has 0 aliphatic carbocycles. The van der Waals surface area contributed by atoms with Crippen LogP contribution in [-0.2, 0) is 28.2 Å². The van der Waals surface area contributed by atoms with Crippen LogP contribution in [0.3, 0.4) is 0 Å². The van der Waals surface area contributed by atoms with Gasteiger partial charge in [0, 0.05) is 0 Å². The number of aliphatic hydroxyl groups is 3. The molecule has 2 aliphatic rings. The second-order valence-corrected chi connectivity index (χ2v) is 5.96. The van der Waals surface area contributed by atoms with Crippen LogP contribution in [0.4, 0.5) is 0 Å². The van der Waals surface area contributed by atoms with E-state index in [1.165, 1.54) is 4.68 Å². The second-order valence-electron chi connectivity index (χ2n) is 5.96. The highest BCUT2D eigenvalue weighted by Gasteiger charge is 2.58. The Bertz CT molecular complexity index is 523. The molecule has 124 valence electrons. The van der Waals surface area contributed by atoms with Gasteiger partial charge in [-0.1, -0.05) is 25.0 Å². The van der Waals surface area contributed by atoms with Gasteiger partial charge in [0.15, 0.2) is 0 Å². The maximum absolute atomic E-state index is 10.4. The van der Waals surface area contributed by atoms with E-state index in [1.807, 2.05) is 0 Å². The number of ether oxygens (including phenoxy) is 2. The lowest BCUT2D eigenvalue weighted by atomic mass is 10.0. The van der Waals surface area contributed by atoms with Crippen molar-refractivity contribution in [3.63, 3.8) is 0 Å². The fourth-order valence-electron chi connectivity index (χ4n) is 3.18. The molecule has 8 heteroatoms. The van der Waals surface area contributed by atoms with Gasteiger partial charge in [0.25, 0.3) is 0 Å². The van der Waals surface area contributed by atoms with Crippen molar-refractivity contribution in [2.75, 3.05) is 13.2 Å². The Balaban J connectivity index is 1.89. The first-order valence-corrected chi connectivity index (χ1v) is 7.80. The molecule has 0 unspecified atom stereocenters. The Kier molecular flexibility index (Phi) is 4.47. The van der Waals surface area contributed by atoms with Gasteiger partial charge in [-0.3, -0.25) is 0 Å². The maximum Gasteiger partial charge on any atom is 0.215 e. The fourth-order valence-corrected chi connectivity index (χ4v) is 3.18. The third-order valence-corrected chi connectivity index (χ3v) is 4.47. The number of nitrogens with zero attached hydrogens (tertiary/aromatic N) is 3. The summed E-state index contributed by atoms with van der Waals surface area (Å²) in [5.41, 5.74) is 0.300. The van der Waals surface area contributed by atoms with E-state index in [2.05, 4.69) is 17.2 Å². The summed E-state index contributed by atoms with van der Waals surface area (Å²) in [6, 6.07) is 0. The summed E-state index contributed by atoms with van der Waals surface area (Å²) in [5.74, 6) is 0. The lowest BCUT2D eigenvalue weighted by Crippen LogP contribution is -2.52. The van der Waals surface area contributed by atoms with Crippen LogP contribution in [0, 0.1) is 0 Å². The molecule has 0 saturated carbocycles. The van der Waals surface area contributed by atoms with Crippen molar-refractivity contribution in [3.05, 3.63) is 11.4 Å². The Morgan fingerprint density at radius 3 is 2.86 bits per heavy atom. The smallest absolute Gasteiger partial charge is 0.215 e. The normalized spacial score (nSPS) is 34.3. The number of fused-ring (bicyclic) bond motifs is 2. The molecule has 8 nitrogen and oxygen atoms in total. The zero-order valence-electron chi connectivity index (χ0n) is 12.7. The molecule has 1 saturated heterocycles. The van der Waals surface area contributed by atoms with E-state index >= 15 is 0 Å². The van der Waals surface area contributed by atoms with Crippen LogP contribution >= 0.6 is 0 Å². The topological polar surface area (TPSA) is 110 Å². The first-order valence-electron chi connectivity index (χ1n) is 7.80. The van der Waals surface area contributed by atoms with Gasteiger partial charge in [-0.25, -0.2) is 4.68 Å². The van der Waals surface area contributed by atoms with Gasteiger partial charge in [-0.15, -0.1) is 5.10 Å². The van der Waals surface area contributed by atoms with Gasteiger partial charge in [-0.2, -0.15) is 0 Å². The largest absolute Gasteiger partial charge is 0.394 e. The van der Waals surface area contributed by atoms with E-state index in [1.54, 1.807) is 0 Å². The van der Waals surface area contributed by atoms with Crippen molar-refractivity contribution < 1.29 is 24.8 Å². The average Bonchev–Trinajstić information content (AvgIpc) is 3.05. The number of hydrogen-bond donors (Lipinski definition) is 3. The van der Waals surface area contributed by atoms with Crippen LogP contribution in [0.2, 0.25) is 0 Å². The number of aryl methyl sites for hydroxylation is 1. The van der Waals surface area contributed by atoms with Gasteiger partial charge < -0.3 is 24.8 Å². The summed E-state index contributed by atoms with van der Waals surface area (Å²) >= 11 is 0. The van der Waals surface area contributed by atoms with Crippen LogP contribution in [-0.4, -0.2) is 61.8 Å². The Morgan fingerprint density at radius 1 is 1.36 bits per heavy atom. The molecule has 22 heavy (non-hydrogen) atoms. The number of aliphatic hydroxyl groups excluding tert-OH is 3. The maximum atomic E-state index is 10.4. The highest BCUT2D eigenvalue weighted by molar-refractivity contribution is 5.15. The summed E-state index contributed by atoms with van der Waals surface area (Å²) < 4.78 is 12.8. The van der Waals surface area contributed by atoms with Crippen molar-refractivity contribution in [2.45, 2.75) is 63.3 Å². The fraction of sp³-hybridized carbons (Fsp3) is 0.857. The zero-order chi connectivity index (χ0) is 15.7. The van der Waals surface area contributed by atoms with Gasteiger partial charge >= 0.3 is 0 Å². The second kappa shape index (κ2) is 6.21. The summed E-state index contributed by atoms with van der Waals surface area (Å²) in [6.07, 6.45) is 0.766. The van der Waals surface area contributed by atoms with E-state index in [4.69, 9.17) is 9.47 Å². The summed E-state index contributed by atoms with van der Waals surface area (Å²) in [6.45, 7) is 2.17. The minimum atomic E-state index is -1.31. The molecule has 3 heterocycles. The van der Waals surface area contributed by atoms with Gasteiger partial charge in [0.05, 0.1) is 31.2 Å². The molecule has 3 N–H and O–H groups in total.